The van der Waals surface area contributed by atoms with Gasteiger partial charge < -0.3 is 0 Å². The van der Waals surface area contributed by atoms with Crippen LogP contribution >= 0.6 is 0 Å². The van der Waals surface area contributed by atoms with Crippen molar-refractivity contribution < 1.29 is 5.11 Å². The van der Waals surface area contributed by atoms with Gasteiger partial charge in [-0.1, -0.05) is 0 Å². The Labute approximate surface area is 53.5 Å². The molecule has 1 saturated heterocycles. The van der Waals surface area contributed by atoms with Gasteiger partial charge in [0, 0.05) is 0 Å². The minimum absolute atomic E-state index is 0.0741. The van der Waals surface area contributed by atoms with Crippen LogP contribution < -0.4 is 0 Å². The van der Waals surface area contributed by atoms with Crippen LogP contribution in [0.3, 0.4) is 0 Å². The van der Waals surface area contributed by atoms with Gasteiger partial charge in [0.25, 0.3) is 0 Å². The van der Waals surface area contributed by atoms with Crippen molar-refractivity contribution >= 4 is 13.3 Å². The molecule has 1 nitrogen and oxygen atoms in total. The Balaban J connectivity index is 2.44. The summed E-state index contributed by atoms with van der Waals surface area (Å²) in [4.78, 5) is 0. The molecule has 1 fully saturated rings. The van der Waals surface area contributed by atoms with Crippen LogP contribution in [0.5, 0.6) is 0 Å². The van der Waals surface area contributed by atoms with Gasteiger partial charge in [0.15, 0.2) is 0 Å². The van der Waals surface area contributed by atoms with Gasteiger partial charge in [0.2, 0.25) is 0 Å². The van der Waals surface area contributed by atoms with E-state index in [1.54, 1.807) is 0 Å². The Morgan fingerprint density at radius 3 is 2.25 bits per heavy atom. The molecule has 1 N–H and O–H groups in total. The van der Waals surface area contributed by atoms with Crippen LogP contribution in [0.15, 0.2) is 0 Å². The monoisotopic (exact) mass is 176 g/mol. The van der Waals surface area contributed by atoms with Crippen molar-refractivity contribution in [1.82, 2.24) is 0 Å². The Kier molecular flexibility index (Phi) is 1.68. The number of aliphatic hydroxyl groups excluding tert-OH is 1. The van der Waals surface area contributed by atoms with Gasteiger partial charge in [0.05, 0.1) is 0 Å². The molecule has 8 heavy (non-hydrogen) atoms. The van der Waals surface area contributed by atoms with E-state index in [-0.39, 0.29) is 6.10 Å². The number of hydrogen-bond donors (Lipinski definition) is 1. The Bertz CT molecular complexity index is 90.5. The van der Waals surface area contributed by atoms with Gasteiger partial charge in [-0.15, -0.1) is 0 Å². The molecule has 1 atom stereocenters. The predicted molar refractivity (Wildman–Crippen MR) is 37.7 cm³/mol. The zero-order valence-corrected chi connectivity index (χ0v) is 7.74. The first-order valence-electron chi connectivity index (χ1n) is 3.28. The van der Waals surface area contributed by atoms with Crippen molar-refractivity contribution in [2.45, 2.75) is 34.5 Å². The number of hydrogen-bond acceptors (Lipinski definition) is 1. The first-order chi connectivity index (χ1) is 3.60. The molecule has 2 heteroatoms. The normalized spacial score (nSPS) is 35.6. The van der Waals surface area contributed by atoms with Crippen molar-refractivity contribution in [2.75, 3.05) is 0 Å². The van der Waals surface area contributed by atoms with Gasteiger partial charge in [-0.2, -0.15) is 0 Å². The molecule has 1 aliphatic heterocycles. The second-order valence-electron chi connectivity index (χ2n) is 3.56. The van der Waals surface area contributed by atoms with Gasteiger partial charge in [0.1, 0.15) is 0 Å². The van der Waals surface area contributed by atoms with Crippen LogP contribution in [-0.4, -0.2) is 24.5 Å². The maximum atomic E-state index is 9.11. The SMILES string of the molecule is [CH3][Ge]1([CH3])[CH2]CC(O)[CH2]1. The van der Waals surface area contributed by atoms with Crippen LogP contribution in [0.1, 0.15) is 6.42 Å². The standard InChI is InChI=1S/C6H14GeO/c1-7(2)4-3-6(8)5-7/h6,8H,3-5H2,1-2H3. The van der Waals surface area contributed by atoms with E-state index in [1.165, 1.54) is 10.5 Å². The quantitative estimate of drug-likeness (QED) is 0.552. The molecule has 48 valence electrons. The zero-order chi connectivity index (χ0) is 6.20. The Hall–Kier alpha value is 0.503. The van der Waals surface area contributed by atoms with Gasteiger partial charge >= 0.3 is 52.9 Å². The van der Waals surface area contributed by atoms with Crippen LogP contribution in [-0.2, 0) is 0 Å². The molecule has 0 aliphatic carbocycles. The first kappa shape index (κ1) is 6.62. The Morgan fingerprint density at radius 1 is 1.50 bits per heavy atom. The predicted octanol–water partition coefficient (Wildman–Crippen LogP) is 1.46. The van der Waals surface area contributed by atoms with Gasteiger partial charge in [-0.25, -0.2) is 0 Å². The van der Waals surface area contributed by atoms with E-state index in [4.69, 9.17) is 5.11 Å². The summed E-state index contributed by atoms with van der Waals surface area (Å²) in [6.07, 6.45) is 1.16. The van der Waals surface area contributed by atoms with Crippen molar-refractivity contribution in [3.63, 3.8) is 0 Å². The molecule has 0 spiro atoms. The molecule has 1 unspecified atom stereocenters. The molecule has 0 bridgehead atoms. The van der Waals surface area contributed by atoms with Crippen molar-refractivity contribution in [3.8, 4) is 0 Å². The van der Waals surface area contributed by atoms with E-state index in [2.05, 4.69) is 11.5 Å². The molecule has 1 heterocycles. The molecular formula is C6H14GeO. The van der Waals surface area contributed by atoms with Crippen LogP contribution in [0.2, 0.25) is 22.0 Å². The molecule has 0 aromatic rings. The van der Waals surface area contributed by atoms with Crippen molar-refractivity contribution in [2.24, 2.45) is 0 Å². The summed E-state index contributed by atoms with van der Waals surface area (Å²) < 4.78 is 0. The third kappa shape index (κ3) is 1.49. The summed E-state index contributed by atoms with van der Waals surface area (Å²) in [6.45, 7) is 0. The molecule has 0 amide bonds. The maximum absolute atomic E-state index is 9.11. The third-order valence-corrected chi connectivity index (χ3v) is 8.70. The third-order valence-electron chi connectivity index (χ3n) is 1.94. The summed E-state index contributed by atoms with van der Waals surface area (Å²) in [7, 11) is 0. The Morgan fingerprint density at radius 2 is 2.12 bits per heavy atom. The summed E-state index contributed by atoms with van der Waals surface area (Å²) in [6, 6.07) is 0. The second kappa shape index (κ2) is 2.03. The van der Waals surface area contributed by atoms with E-state index in [0.29, 0.717) is 0 Å². The molecule has 0 aromatic carbocycles. The van der Waals surface area contributed by atoms with Crippen LogP contribution in [0.4, 0.5) is 0 Å². The summed E-state index contributed by atoms with van der Waals surface area (Å²) in [5.41, 5.74) is 0. The molecule has 0 aromatic heterocycles. The fourth-order valence-corrected chi connectivity index (χ4v) is 7.27. The zero-order valence-electron chi connectivity index (χ0n) is 5.65. The van der Waals surface area contributed by atoms with E-state index in [1.807, 2.05) is 0 Å². The van der Waals surface area contributed by atoms with Crippen LogP contribution in [0.25, 0.3) is 0 Å². The van der Waals surface area contributed by atoms with Crippen LogP contribution in [0, 0.1) is 0 Å². The molecule has 1 rings (SSSR count). The summed E-state index contributed by atoms with van der Waals surface area (Å²) in [5.74, 6) is 4.80. The van der Waals surface area contributed by atoms with E-state index in [0.717, 1.165) is 6.42 Å². The average Bonchev–Trinajstić information content (AvgIpc) is 1.82. The first-order valence-corrected chi connectivity index (χ1v) is 10.4. The van der Waals surface area contributed by atoms with E-state index < -0.39 is 13.3 Å². The summed E-state index contributed by atoms with van der Waals surface area (Å²) in [5, 5.41) is 11.7. The molecule has 0 saturated carbocycles. The topological polar surface area (TPSA) is 20.2 Å². The molecule has 0 radical (unpaired) electrons. The molecule has 1 aliphatic rings. The minimum atomic E-state index is -1.30. The van der Waals surface area contributed by atoms with E-state index >= 15 is 0 Å². The fraction of sp³-hybridized carbons (Fsp3) is 1.00. The fourth-order valence-electron chi connectivity index (χ4n) is 1.40. The summed E-state index contributed by atoms with van der Waals surface area (Å²) >= 11 is -1.30. The second-order valence-corrected chi connectivity index (χ2v) is 14.5. The van der Waals surface area contributed by atoms with Gasteiger partial charge in [-0.3, -0.25) is 0 Å². The molecular weight excluding hydrogens is 161 g/mol. The van der Waals surface area contributed by atoms with E-state index in [9.17, 15) is 0 Å². The number of rotatable bonds is 0. The number of aliphatic hydroxyl groups is 1. The van der Waals surface area contributed by atoms with Crippen molar-refractivity contribution in [3.05, 3.63) is 0 Å². The average molecular weight is 175 g/mol. The van der Waals surface area contributed by atoms with Gasteiger partial charge in [-0.05, 0) is 0 Å². The van der Waals surface area contributed by atoms with Crippen molar-refractivity contribution in [1.29, 1.82) is 0 Å².